The van der Waals surface area contributed by atoms with Crippen molar-refractivity contribution in [2.45, 2.75) is 58.4 Å². The Morgan fingerprint density at radius 2 is 1.76 bits per heavy atom. The van der Waals surface area contributed by atoms with Crippen LogP contribution in [0.2, 0.25) is 0 Å². The van der Waals surface area contributed by atoms with E-state index in [0.717, 1.165) is 13.0 Å². The Hall–Kier alpha value is -1.35. The molecular weight excluding hydrogens is 262 g/mol. The van der Waals surface area contributed by atoms with E-state index in [4.69, 9.17) is 5.11 Å². The quantitative estimate of drug-likeness (QED) is 0.610. The van der Waals surface area contributed by atoms with E-state index in [0.29, 0.717) is 6.54 Å². The van der Waals surface area contributed by atoms with Gasteiger partial charge in [-0.05, 0) is 25.5 Å². The fourth-order valence-corrected chi connectivity index (χ4v) is 2.60. The van der Waals surface area contributed by atoms with Crippen molar-refractivity contribution in [2.24, 2.45) is 0 Å². The summed E-state index contributed by atoms with van der Waals surface area (Å²) in [6.07, 6.45) is 6.43. The topological polar surface area (TPSA) is 40.5 Å². The summed E-state index contributed by atoms with van der Waals surface area (Å²) in [6, 6.07) is 10.6. The lowest BCUT2D eigenvalue weighted by Gasteiger charge is -2.29. The third-order valence-electron chi connectivity index (χ3n) is 3.99. The van der Waals surface area contributed by atoms with Crippen LogP contribution in [0.4, 0.5) is 0 Å². The second-order valence-corrected chi connectivity index (χ2v) is 5.68. The molecule has 1 atom stereocenters. The maximum absolute atomic E-state index is 10.9. The zero-order chi connectivity index (χ0) is 15.5. The van der Waals surface area contributed by atoms with Crippen molar-refractivity contribution in [1.82, 2.24) is 4.90 Å². The maximum Gasteiger partial charge on any atom is 0.304 e. The van der Waals surface area contributed by atoms with Crippen LogP contribution in [0.25, 0.3) is 0 Å². The lowest BCUT2D eigenvalue weighted by atomic mass is 10.1. The van der Waals surface area contributed by atoms with Crippen molar-refractivity contribution in [3.8, 4) is 0 Å². The zero-order valence-electron chi connectivity index (χ0n) is 13.4. The maximum atomic E-state index is 10.9. The minimum atomic E-state index is -0.716. The van der Waals surface area contributed by atoms with E-state index in [1.807, 2.05) is 18.2 Å². The molecule has 0 saturated carbocycles. The van der Waals surface area contributed by atoms with Gasteiger partial charge in [0.25, 0.3) is 0 Å². The Labute approximate surface area is 129 Å². The number of aliphatic carboxylic acids is 1. The lowest BCUT2D eigenvalue weighted by Crippen LogP contribution is -2.30. The standard InChI is InChI=1S/C18H29NO2/c1-3-4-5-6-10-14-19(15-13-18(20)21)16(2)17-11-8-7-9-12-17/h7-9,11-12,16H,3-6,10,13-15H2,1-2H3,(H,20,21). The molecule has 1 N–H and O–H groups in total. The van der Waals surface area contributed by atoms with Crippen LogP contribution in [-0.2, 0) is 4.79 Å². The van der Waals surface area contributed by atoms with Crippen molar-refractivity contribution in [3.05, 3.63) is 35.9 Å². The van der Waals surface area contributed by atoms with Gasteiger partial charge < -0.3 is 5.11 Å². The molecule has 1 rings (SSSR count). The predicted molar refractivity (Wildman–Crippen MR) is 87.4 cm³/mol. The van der Waals surface area contributed by atoms with E-state index in [1.165, 1.54) is 31.2 Å². The molecule has 0 radical (unpaired) electrons. The first-order chi connectivity index (χ1) is 10.1. The van der Waals surface area contributed by atoms with E-state index in [1.54, 1.807) is 0 Å². The van der Waals surface area contributed by atoms with Crippen LogP contribution in [0, 0.1) is 0 Å². The molecular formula is C18H29NO2. The van der Waals surface area contributed by atoms with Crippen molar-refractivity contribution in [1.29, 1.82) is 0 Å². The average Bonchev–Trinajstić information content (AvgIpc) is 2.50. The van der Waals surface area contributed by atoms with E-state index in [-0.39, 0.29) is 12.5 Å². The Bertz CT molecular complexity index is 391. The Morgan fingerprint density at radius 3 is 2.38 bits per heavy atom. The van der Waals surface area contributed by atoms with Crippen LogP contribution in [0.1, 0.15) is 64.0 Å². The van der Waals surface area contributed by atoms with Crippen molar-refractivity contribution >= 4 is 5.97 Å². The highest BCUT2D eigenvalue weighted by molar-refractivity contribution is 5.66. The fourth-order valence-electron chi connectivity index (χ4n) is 2.60. The molecule has 1 aromatic carbocycles. The van der Waals surface area contributed by atoms with Crippen molar-refractivity contribution in [2.75, 3.05) is 13.1 Å². The van der Waals surface area contributed by atoms with Gasteiger partial charge in [0.15, 0.2) is 0 Å². The van der Waals surface area contributed by atoms with Gasteiger partial charge in [0.2, 0.25) is 0 Å². The number of hydrogen-bond acceptors (Lipinski definition) is 2. The van der Waals surface area contributed by atoms with Gasteiger partial charge in [0, 0.05) is 12.6 Å². The van der Waals surface area contributed by atoms with Crippen LogP contribution in [0.3, 0.4) is 0 Å². The Morgan fingerprint density at radius 1 is 1.10 bits per heavy atom. The summed E-state index contributed by atoms with van der Waals surface area (Å²) in [4.78, 5) is 13.2. The first kappa shape index (κ1) is 17.7. The van der Waals surface area contributed by atoms with E-state index in [2.05, 4.69) is 30.9 Å². The molecule has 118 valence electrons. The van der Waals surface area contributed by atoms with Crippen LogP contribution in [0.15, 0.2) is 30.3 Å². The van der Waals surface area contributed by atoms with Crippen LogP contribution < -0.4 is 0 Å². The molecule has 0 heterocycles. The van der Waals surface area contributed by atoms with Gasteiger partial charge in [0.05, 0.1) is 6.42 Å². The summed E-state index contributed by atoms with van der Waals surface area (Å²) in [5.41, 5.74) is 1.26. The first-order valence-electron chi connectivity index (χ1n) is 8.16. The van der Waals surface area contributed by atoms with E-state index in [9.17, 15) is 4.79 Å². The minimum Gasteiger partial charge on any atom is -0.481 e. The van der Waals surface area contributed by atoms with E-state index < -0.39 is 5.97 Å². The van der Waals surface area contributed by atoms with Gasteiger partial charge in [-0.25, -0.2) is 0 Å². The number of unbranched alkanes of at least 4 members (excludes halogenated alkanes) is 4. The number of carbonyl (C=O) groups is 1. The van der Waals surface area contributed by atoms with Gasteiger partial charge in [-0.15, -0.1) is 0 Å². The summed E-state index contributed by atoms with van der Waals surface area (Å²) in [5, 5.41) is 8.93. The number of rotatable bonds is 11. The summed E-state index contributed by atoms with van der Waals surface area (Å²) < 4.78 is 0. The molecule has 0 aliphatic heterocycles. The van der Waals surface area contributed by atoms with Gasteiger partial charge in [-0.3, -0.25) is 9.69 Å². The number of hydrogen-bond donors (Lipinski definition) is 1. The molecule has 0 aliphatic carbocycles. The number of benzene rings is 1. The molecule has 0 bridgehead atoms. The largest absolute Gasteiger partial charge is 0.481 e. The number of carboxylic acids is 1. The number of nitrogens with zero attached hydrogens (tertiary/aromatic N) is 1. The highest BCUT2D eigenvalue weighted by Crippen LogP contribution is 2.21. The average molecular weight is 291 g/mol. The van der Waals surface area contributed by atoms with Crippen LogP contribution in [0.5, 0.6) is 0 Å². The molecule has 1 unspecified atom stereocenters. The highest BCUT2D eigenvalue weighted by atomic mass is 16.4. The molecule has 0 saturated heterocycles. The van der Waals surface area contributed by atoms with Crippen molar-refractivity contribution < 1.29 is 9.90 Å². The Balaban J connectivity index is 2.52. The second-order valence-electron chi connectivity index (χ2n) is 5.68. The highest BCUT2D eigenvalue weighted by Gasteiger charge is 2.16. The monoisotopic (exact) mass is 291 g/mol. The zero-order valence-corrected chi connectivity index (χ0v) is 13.4. The predicted octanol–water partition coefficient (Wildman–Crippen LogP) is 4.49. The van der Waals surface area contributed by atoms with Crippen molar-refractivity contribution in [3.63, 3.8) is 0 Å². The molecule has 1 aromatic rings. The van der Waals surface area contributed by atoms with Gasteiger partial charge in [-0.2, -0.15) is 0 Å². The SMILES string of the molecule is CCCCCCCN(CCC(=O)O)C(C)c1ccccc1. The molecule has 3 heteroatoms. The third kappa shape index (κ3) is 7.28. The van der Waals surface area contributed by atoms with Crippen LogP contribution >= 0.6 is 0 Å². The van der Waals surface area contributed by atoms with Gasteiger partial charge in [0.1, 0.15) is 0 Å². The van der Waals surface area contributed by atoms with E-state index >= 15 is 0 Å². The minimum absolute atomic E-state index is 0.214. The normalized spacial score (nSPS) is 12.5. The molecule has 3 nitrogen and oxygen atoms in total. The van der Waals surface area contributed by atoms with Gasteiger partial charge >= 0.3 is 5.97 Å². The van der Waals surface area contributed by atoms with Gasteiger partial charge in [-0.1, -0.05) is 62.9 Å². The smallest absolute Gasteiger partial charge is 0.304 e. The summed E-state index contributed by atoms with van der Waals surface area (Å²) >= 11 is 0. The first-order valence-corrected chi connectivity index (χ1v) is 8.16. The molecule has 21 heavy (non-hydrogen) atoms. The molecule has 0 amide bonds. The lowest BCUT2D eigenvalue weighted by molar-refractivity contribution is -0.137. The summed E-state index contributed by atoms with van der Waals surface area (Å²) in [5.74, 6) is -0.716. The Kier molecular flexibility index (Phi) is 8.76. The molecule has 0 spiro atoms. The molecule has 0 aromatic heterocycles. The fraction of sp³-hybridized carbons (Fsp3) is 0.611. The van der Waals surface area contributed by atoms with Crippen LogP contribution in [-0.4, -0.2) is 29.1 Å². The summed E-state index contributed by atoms with van der Waals surface area (Å²) in [6.45, 7) is 5.99. The molecule has 0 fully saturated rings. The second kappa shape index (κ2) is 10.4. The number of carboxylic acid groups (broad SMARTS) is 1. The third-order valence-corrected chi connectivity index (χ3v) is 3.99. The summed E-state index contributed by atoms with van der Waals surface area (Å²) in [7, 11) is 0. The molecule has 0 aliphatic rings.